The Bertz CT molecular complexity index is 831. The maximum absolute atomic E-state index is 5.65. The lowest BCUT2D eigenvalue weighted by atomic mass is 10.2. The van der Waals surface area contributed by atoms with Crippen LogP contribution < -0.4 is 11.5 Å². The molecule has 0 aliphatic carbocycles. The fourth-order valence-corrected chi connectivity index (χ4v) is 2.29. The average Bonchev–Trinajstić information content (AvgIpc) is 2.57. The van der Waals surface area contributed by atoms with Crippen LogP contribution in [0.25, 0.3) is 21.5 Å². The van der Waals surface area contributed by atoms with Crippen molar-refractivity contribution in [1.82, 2.24) is 9.97 Å². The predicted octanol–water partition coefficient (Wildman–Crippen LogP) is 3.63. The largest absolute Gasteiger partial charge is 0.383 e. The van der Waals surface area contributed by atoms with Crippen LogP contribution in [0.3, 0.4) is 0 Å². The van der Waals surface area contributed by atoms with Crippen LogP contribution in [0.5, 0.6) is 0 Å². The molecule has 2 aromatic carbocycles. The van der Waals surface area contributed by atoms with Crippen molar-refractivity contribution in [1.29, 1.82) is 0 Å². The van der Waals surface area contributed by atoms with Gasteiger partial charge in [-0.1, -0.05) is 48.5 Å². The second-order valence-corrected chi connectivity index (χ2v) is 4.83. The quantitative estimate of drug-likeness (QED) is 0.518. The number of nitrogen functional groups attached to an aromatic ring is 2. The Kier molecular flexibility index (Phi) is 3.83. The monoisotopic (exact) mass is 288 g/mol. The minimum absolute atomic E-state index is 0.600. The van der Waals surface area contributed by atoms with Crippen LogP contribution in [0.1, 0.15) is 0 Å². The van der Waals surface area contributed by atoms with E-state index < -0.39 is 0 Å². The van der Waals surface area contributed by atoms with Gasteiger partial charge in [0.15, 0.2) is 0 Å². The van der Waals surface area contributed by atoms with Crippen molar-refractivity contribution < 1.29 is 0 Å². The first-order valence-electron chi connectivity index (χ1n) is 6.94. The lowest BCUT2D eigenvalue weighted by Gasteiger charge is -1.97. The second kappa shape index (κ2) is 6.10. The van der Waals surface area contributed by atoms with E-state index in [1.165, 1.54) is 0 Å². The van der Waals surface area contributed by atoms with Crippen molar-refractivity contribution in [3.05, 3.63) is 73.1 Å². The Morgan fingerprint density at radius 2 is 0.955 bits per heavy atom. The number of nitrogens with zero attached hydrogens (tertiary/aromatic N) is 2. The van der Waals surface area contributed by atoms with Gasteiger partial charge in [-0.2, -0.15) is 0 Å². The highest BCUT2D eigenvalue weighted by molar-refractivity contribution is 5.91. The first-order chi connectivity index (χ1) is 10.8. The van der Waals surface area contributed by atoms with E-state index in [1.807, 2.05) is 60.7 Å². The molecule has 0 spiro atoms. The Labute approximate surface area is 128 Å². The third-order valence-electron chi connectivity index (χ3n) is 3.41. The van der Waals surface area contributed by atoms with Gasteiger partial charge in [0.25, 0.3) is 0 Å². The van der Waals surface area contributed by atoms with E-state index in [2.05, 4.69) is 9.97 Å². The molecular formula is C18H16N4. The van der Waals surface area contributed by atoms with Crippen LogP contribution >= 0.6 is 0 Å². The number of fused-ring (bicyclic) bond motifs is 2. The summed E-state index contributed by atoms with van der Waals surface area (Å²) in [6, 6.07) is 19.8. The molecule has 0 saturated carbocycles. The minimum Gasteiger partial charge on any atom is -0.383 e. The molecule has 0 fully saturated rings. The van der Waals surface area contributed by atoms with Gasteiger partial charge in [0.1, 0.15) is 11.6 Å². The summed E-state index contributed by atoms with van der Waals surface area (Å²) in [5.41, 5.74) is 11.3. The lowest BCUT2D eigenvalue weighted by Crippen LogP contribution is -1.89. The van der Waals surface area contributed by atoms with E-state index in [1.54, 1.807) is 12.4 Å². The SMILES string of the molecule is Nc1nccc2ccccc12.Nc1nccc2ccccc12. The third kappa shape index (κ3) is 2.81. The molecule has 0 aliphatic heterocycles. The van der Waals surface area contributed by atoms with Crippen molar-refractivity contribution in [3.8, 4) is 0 Å². The van der Waals surface area contributed by atoms with Crippen LogP contribution in [-0.2, 0) is 0 Å². The molecule has 0 unspecified atom stereocenters. The molecule has 4 nitrogen and oxygen atoms in total. The molecule has 0 radical (unpaired) electrons. The topological polar surface area (TPSA) is 77.8 Å². The Morgan fingerprint density at radius 1 is 0.545 bits per heavy atom. The minimum atomic E-state index is 0.600. The van der Waals surface area contributed by atoms with Crippen molar-refractivity contribution in [2.75, 3.05) is 11.5 Å². The highest BCUT2D eigenvalue weighted by Gasteiger charge is 1.95. The highest BCUT2D eigenvalue weighted by atomic mass is 14.8. The molecule has 0 atom stereocenters. The van der Waals surface area contributed by atoms with Crippen molar-refractivity contribution in [3.63, 3.8) is 0 Å². The Balaban J connectivity index is 0.000000131. The standard InChI is InChI=1S/2C9H8N2/c2*10-9-8-4-2-1-3-7(8)5-6-11-9/h2*1-6H,(H2,10,11). The molecule has 2 aromatic heterocycles. The summed E-state index contributed by atoms with van der Waals surface area (Å²) in [6.07, 6.45) is 3.44. The molecule has 2 heterocycles. The molecule has 108 valence electrons. The number of benzene rings is 2. The maximum atomic E-state index is 5.65. The van der Waals surface area contributed by atoms with Gasteiger partial charge in [0.05, 0.1) is 0 Å². The third-order valence-corrected chi connectivity index (χ3v) is 3.41. The number of hydrogen-bond donors (Lipinski definition) is 2. The number of pyridine rings is 2. The molecule has 4 aromatic rings. The van der Waals surface area contributed by atoms with E-state index in [4.69, 9.17) is 11.5 Å². The number of nitrogens with two attached hydrogens (primary N) is 2. The van der Waals surface area contributed by atoms with Gasteiger partial charge in [0.2, 0.25) is 0 Å². The van der Waals surface area contributed by atoms with Crippen molar-refractivity contribution in [2.24, 2.45) is 0 Å². The maximum Gasteiger partial charge on any atom is 0.131 e. The number of aromatic nitrogens is 2. The Hall–Kier alpha value is -3.14. The molecule has 4 heteroatoms. The number of anilines is 2. The van der Waals surface area contributed by atoms with Gasteiger partial charge in [-0.25, -0.2) is 9.97 Å². The molecule has 22 heavy (non-hydrogen) atoms. The molecular weight excluding hydrogens is 272 g/mol. The van der Waals surface area contributed by atoms with E-state index in [0.717, 1.165) is 21.5 Å². The summed E-state index contributed by atoms with van der Waals surface area (Å²) < 4.78 is 0. The van der Waals surface area contributed by atoms with Crippen molar-refractivity contribution in [2.45, 2.75) is 0 Å². The molecule has 0 saturated heterocycles. The van der Waals surface area contributed by atoms with Crippen LogP contribution in [-0.4, -0.2) is 9.97 Å². The van der Waals surface area contributed by atoms with Gasteiger partial charge in [-0.15, -0.1) is 0 Å². The molecule has 4 N–H and O–H groups in total. The summed E-state index contributed by atoms with van der Waals surface area (Å²) in [4.78, 5) is 7.97. The predicted molar refractivity (Wildman–Crippen MR) is 92.3 cm³/mol. The fourth-order valence-electron chi connectivity index (χ4n) is 2.29. The molecule has 4 rings (SSSR count). The van der Waals surface area contributed by atoms with Gasteiger partial charge < -0.3 is 11.5 Å². The van der Waals surface area contributed by atoms with E-state index >= 15 is 0 Å². The molecule has 0 aliphatic rings. The van der Waals surface area contributed by atoms with Crippen LogP contribution in [0.15, 0.2) is 73.1 Å². The summed E-state index contributed by atoms with van der Waals surface area (Å²) in [5.74, 6) is 1.20. The van der Waals surface area contributed by atoms with Crippen molar-refractivity contribution >= 4 is 33.2 Å². The summed E-state index contributed by atoms with van der Waals surface area (Å²) >= 11 is 0. The van der Waals surface area contributed by atoms with E-state index in [-0.39, 0.29) is 0 Å². The van der Waals surface area contributed by atoms with Gasteiger partial charge in [-0.3, -0.25) is 0 Å². The average molecular weight is 288 g/mol. The van der Waals surface area contributed by atoms with Gasteiger partial charge in [-0.05, 0) is 22.9 Å². The normalized spacial score (nSPS) is 10.2. The number of rotatable bonds is 0. The summed E-state index contributed by atoms with van der Waals surface area (Å²) in [6.45, 7) is 0. The Morgan fingerprint density at radius 3 is 1.36 bits per heavy atom. The first kappa shape index (κ1) is 13.8. The number of hydrogen-bond acceptors (Lipinski definition) is 4. The van der Waals surface area contributed by atoms with Gasteiger partial charge >= 0.3 is 0 Å². The molecule has 0 amide bonds. The second-order valence-electron chi connectivity index (χ2n) is 4.83. The summed E-state index contributed by atoms with van der Waals surface area (Å²) in [5, 5.41) is 4.32. The van der Waals surface area contributed by atoms with E-state index in [9.17, 15) is 0 Å². The fraction of sp³-hybridized carbons (Fsp3) is 0. The molecule has 0 bridgehead atoms. The highest BCUT2D eigenvalue weighted by Crippen LogP contribution is 2.17. The zero-order valence-corrected chi connectivity index (χ0v) is 12.0. The van der Waals surface area contributed by atoms with Crippen LogP contribution in [0, 0.1) is 0 Å². The first-order valence-corrected chi connectivity index (χ1v) is 6.94. The van der Waals surface area contributed by atoms with Crippen LogP contribution in [0.4, 0.5) is 11.6 Å². The lowest BCUT2D eigenvalue weighted by molar-refractivity contribution is 1.37. The zero-order valence-electron chi connectivity index (χ0n) is 12.0. The van der Waals surface area contributed by atoms with Gasteiger partial charge in [0, 0.05) is 23.2 Å². The zero-order chi connectivity index (χ0) is 15.4. The smallest absolute Gasteiger partial charge is 0.131 e. The summed E-state index contributed by atoms with van der Waals surface area (Å²) in [7, 11) is 0. The van der Waals surface area contributed by atoms with Crippen LogP contribution in [0.2, 0.25) is 0 Å². The van der Waals surface area contributed by atoms with E-state index in [0.29, 0.717) is 11.6 Å².